The number of urea groups is 1. The second-order valence-electron chi connectivity index (χ2n) is 8.47. The molecule has 4 amide bonds. The number of benzene rings is 3. The number of halogens is 4. The minimum Gasteiger partial charge on any atom is -0.457 e. The van der Waals surface area contributed by atoms with Crippen LogP contribution in [0.1, 0.15) is 21.6 Å². The van der Waals surface area contributed by atoms with E-state index >= 15 is 0 Å². The van der Waals surface area contributed by atoms with E-state index in [0.717, 1.165) is 24.3 Å². The van der Waals surface area contributed by atoms with Crippen LogP contribution in [0.3, 0.4) is 0 Å². The smallest absolute Gasteiger partial charge is 0.416 e. The maximum absolute atomic E-state index is 13.3. The number of hydrazine groups is 1. The summed E-state index contributed by atoms with van der Waals surface area (Å²) in [6.45, 7) is 0. The summed E-state index contributed by atoms with van der Waals surface area (Å²) in [5.74, 6) is -1.12. The number of nitrogens with one attached hydrogen (secondary N) is 4. The van der Waals surface area contributed by atoms with Gasteiger partial charge in [0.1, 0.15) is 23.0 Å². The number of anilines is 2. The second-order valence-corrected chi connectivity index (χ2v) is 8.47. The number of amides is 4. The molecule has 4 N–H and O–H groups in total. The van der Waals surface area contributed by atoms with E-state index in [-0.39, 0.29) is 23.6 Å². The van der Waals surface area contributed by atoms with Gasteiger partial charge in [0.15, 0.2) is 0 Å². The Morgan fingerprint density at radius 1 is 0.780 bits per heavy atom. The Labute approximate surface area is 230 Å². The highest BCUT2D eigenvalue weighted by Gasteiger charge is 2.30. The van der Waals surface area contributed by atoms with Gasteiger partial charge in [0.25, 0.3) is 5.91 Å². The average Bonchev–Trinajstić information content (AvgIpc) is 2.93. The zero-order chi connectivity index (χ0) is 29.4. The monoisotopic (exact) mass is 567 g/mol. The number of aromatic nitrogens is 1. The Morgan fingerprint density at radius 3 is 2.07 bits per heavy atom. The molecule has 0 radical (unpaired) electrons. The molecule has 9 nitrogen and oxygen atoms in total. The molecular weight excluding hydrogens is 546 g/mol. The Kier molecular flexibility index (Phi) is 8.77. The molecule has 0 fully saturated rings. The number of pyridine rings is 1. The first-order valence-electron chi connectivity index (χ1n) is 11.9. The molecule has 0 spiro atoms. The number of alkyl halides is 3. The van der Waals surface area contributed by atoms with Crippen LogP contribution in [0.4, 0.5) is 33.7 Å². The third kappa shape index (κ3) is 8.51. The fraction of sp³-hybridized carbons (Fsp3) is 0.0714. The molecule has 4 aromatic rings. The Hall–Kier alpha value is -5.46. The molecule has 4 rings (SSSR count). The second kappa shape index (κ2) is 12.6. The van der Waals surface area contributed by atoms with Gasteiger partial charge in [-0.25, -0.2) is 9.18 Å². The largest absolute Gasteiger partial charge is 0.457 e. The van der Waals surface area contributed by atoms with Crippen LogP contribution in [0, 0.1) is 5.82 Å². The maximum Gasteiger partial charge on any atom is 0.416 e. The Morgan fingerprint density at radius 2 is 1.44 bits per heavy atom. The Bertz CT molecular complexity index is 1540. The molecule has 0 bridgehead atoms. The standard InChI is InChI=1S/C28H21F4N5O4/c29-19-3-1-2-17(14-19)15-25(38)36-37-26(39)24-16-23(12-13-33-24)41-22-10-8-21(9-11-22)35-27(40)34-20-6-4-18(5-7-20)28(30,31)32/h1-14,16H,15H2,(H,36,38)(H,37,39)(H2,34,35,40). The van der Waals surface area contributed by atoms with Gasteiger partial charge in [0, 0.05) is 23.6 Å². The molecule has 41 heavy (non-hydrogen) atoms. The van der Waals surface area contributed by atoms with Gasteiger partial charge in [-0.2, -0.15) is 13.2 Å². The van der Waals surface area contributed by atoms with Crippen molar-refractivity contribution >= 4 is 29.2 Å². The van der Waals surface area contributed by atoms with E-state index in [1.165, 1.54) is 48.7 Å². The summed E-state index contributed by atoms with van der Waals surface area (Å²) in [5.41, 5.74) is 4.59. The van der Waals surface area contributed by atoms with Crippen LogP contribution in [-0.2, 0) is 17.4 Å². The fourth-order valence-electron chi connectivity index (χ4n) is 3.44. The van der Waals surface area contributed by atoms with Gasteiger partial charge < -0.3 is 15.4 Å². The molecule has 0 unspecified atom stereocenters. The number of ether oxygens (including phenoxy) is 1. The zero-order valence-electron chi connectivity index (χ0n) is 21.0. The average molecular weight is 567 g/mol. The third-order valence-electron chi connectivity index (χ3n) is 5.35. The first-order chi connectivity index (χ1) is 19.5. The molecule has 1 aromatic heterocycles. The molecule has 3 aromatic carbocycles. The van der Waals surface area contributed by atoms with E-state index in [9.17, 15) is 31.9 Å². The van der Waals surface area contributed by atoms with Crippen molar-refractivity contribution in [2.45, 2.75) is 12.6 Å². The van der Waals surface area contributed by atoms with E-state index in [4.69, 9.17) is 4.74 Å². The maximum atomic E-state index is 13.3. The number of carbonyl (C=O) groups is 3. The number of rotatable bonds is 7. The summed E-state index contributed by atoms with van der Waals surface area (Å²) in [5, 5.41) is 4.98. The van der Waals surface area contributed by atoms with Crippen LogP contribution in [0.2, 0.25) is 0 Å². The summed E-state index contributed by atoms with van der Waals surface area (Å²) in [4.78, 5) is 40.6. The van der Waals surface area contributed by atoms with Crippen molar-refractivity contribution in [3.8, 4) is 11.5 Å². The van der Waals surface area contributed by atoms with Crippen molar-refractivity contribution in [2.75, 3.05) is 10.6 Å². The topological polar surface area (TPSA) is 121 Å². The molecule has 13 heteroatoms. The van der Waals surface area contributed by atoms with Crippen LogP contribution >= 0.6 is 0 Å². The predicted octanol–water partition coefficient (Wildman–Crippen LogP) is 5.68. The number of carbonyl (C=O) groups excluding carboxylic acids is 3. The van der Waals surface area contributed by atoms with Crippen molar-refractivity contribution < 1.29 is 36.7 Å². The van der Waals surface area contributed by atoms with E-state index in [1.807, 2.05) is 0 Å². The molecule has 210 valence electrons. The predicted molar refractivity (Wildman–Crippen MR) is 141 cm³/mol. The van der Waals surface area contributed by atoms with Crippen LogP contribution < -0.4 is 26.2 Å². The van der Waals surface area contributed by atoms with Crippen molar-refractivity contribution in [2.24, 2.45) is 0 Å². The lowest BCUT2D eigenvalue weighted by molar-refractivity contribution is -0.137. The summed E-state index contributed by atoms with van der Waals surface area (Å²) in [6, 6.07) is 17.9. The summed E-state index contributed by atoms with van der Waals surface area (Å²) >= 11 is 0. The number of hydrogen-bond acceptors (Lipinski definition) is 5. The Balaban J connectivity index is 1.27. The van der Waals surface area contributed by atoms with Crippen molar-refractivity contribution in [3.63, 3.8) is 0 Å². The quantitative estimate of drug-likeness (QED) is 0.169. The van der Waals surface area contributed by atoms with Crippen molar-refractivity contribution in [1.82, 2.24) is 15.8 Å². The molecule has 0 aliphatic heterocycles. The van der Waals surface area contributed by atoms with Crippen LogP contribution in [0.25, 0.3) is 0 Å². The minimum atomic E-state index is -4.47. The van der Waals surface area contributed by atoms with Crippen LogP contribution in [0.5, 0.6) is 11.5 Å². The van der Waals surface area contributed by atoms with Crippen LogP contribution in [-0.4, -0.2) is 22.8 Å². The lowest BCUT2D eigenvalue weighted by atomic mass is 10.1. The normalized spacial score (nSPS) is 10.8. The van der Waals surface area contributed by atoms with E-state index in [0.29, 0.717) is 17.0 Å². The van der Waals surface area contributed by atoms with Gasteiger partial charge >= 0.3 is 12.2 Å². The van der Waals surface area contributed by atoms with E-state index in [2.05, 4.69) is 26.5 Å². The fourth-order valence-corrected chi connectivity index (χ4v) is 3.44. The summed E-state index contributed by atoms with van der Waals surface area (Å²) < 4.78 is 57.0. The minimum absolute atomic E-state index is 0.0493. The van der Waals surface area contributed by atoms with E-state index in [1.54, 1.807) is 18.2 Å². The molecule has 0 aliphatic carbocycles. The molecule has 1 heterocycles. The lowest BCUT2D eigenvalue weighted by Crippen LogP contribution is -2.42. The van der Waals surface area contributed by atoms with Crippen molar-refractivity contribution in [1.29, 1.82) is 0 Å². The van der Waals surface area contributed by atoms with Crippen molar-refractivity contribution in [3.05, 3.63) is 114 Å². The third-order valence-corrected chi connectivity index (χ3v) is 5.35. The summed E-state index contributed by atoms with van der Waals surface area (Å²) in [7, 11) is 0. The first-order valence-corrected chi connectivity index (χ1v) is 11.9. The highest BCUT2D eigenvalue weighted by atomic mass is 19.4. The SMILES string of the molecule is O=C(Cc1cccc(F)c1)NNC(=O)c1cc(Oc2ccc(NC(=O)Nc3ccc(C(F)(F)F)cc3)cc2)ccn1. The molecular formula is C28H21F4N5O4. The highest BCUT2D eigenvalue weighted by Crippen LogP contribution is 2.30. The molecule has 0 aliphatic rings. The first kappa shape index (κ1) is 28.5. The van der Waals surface area contributed by atoms with Crippen LogP contribution in [0.15, 0.2) is 91.1 Å². The van der Waals surface area contributed by atoms with Gasteiger partial charge in [-0.15, -0.1) is 0 Å². The van der Waals surface area contributed by atoms with Gasteiger partial charge in [-0.05, 0) is 72.3 Å². The summed E-state index contributed by atoms with van der Waals surface area (Å²) in [6.07, 6.45) is -3.28. The molecule has 0 saturated heterocycles. The van der Waals surface area contributed by atoms with Gasteiger partial charge in [-0.3, -0.25) is 25.4 Å². The number of nitrogens with zero attached hydrogens (tertiary/aromatic N) is 1. The van der Waals surface area contributed by atoms with E-state index < -0.39 is 35.4 Å². The van der Waals surface area contributed by atoms with Gasteiger partial charge in [0.2, 0.25) is 5.91 Å². The number of hydrogen-bond donors (Lipinski definition) is 4. The lowest BCUT2D eigenvalue weighted by Gasteiger charge is -2.11. The van der Waals surface area contributed by atoms with Gasteiger partial charge in [0.05, 0.1) is 12.0 Å². The molecule has 0 saturated carbocycles. The molecule has 0 atom stereocenters. The highest BCUT2D eigenvalue weighted by molar-refractivity contribution is 5.99. The zero-order valence-corrected chi connectivity index (χ0v) is 21.0. The van der Waals surface area contributed by atoms with Gasteiger partial charge in [-0.1, -0.05) is 12.1 Å².